The number of rotatable bonds is 7. The highest BCUT2D eigenvalue weighted by Gasteiger charge is 2.31. The number of unbranched alkanes of at least 4 members (excludes halogenated alkanes) is 1. The van der Waals surface area contributed by atoms with Crippen LogP contribution in [0.1, 0.15) is 47.5 Å². The van der Waals surface area contributed by atoms with Gasteiger partial charge in [0, 0.05) is 19.2 Å². The normalized spacial score (nSPS) is 13.6. The number of carbonyl (C=O) groups excluding carboxylic acids is 2. The summed E-state index contributed by atoms with van der Waals surface area (Å²) < 4.78 is 11.1. The molecule has 1 aliphatic rings. The van der Waals surface area contributed by atoms with Crippen molar-refractivity contribution in [1.29, 1.82) is 0 Å². The van der Waals surface area contributed by atoms with E-state index < -0.39 is 0 Å². The molecule has 33 heavy (non-hydrogen) atoms. The Morgan fingerprint density at radius 1 is 1.18 bits per heavy atom. The van der Waals surface area contributed by atoms with Crippen LogP contribution in [0.5, 0.6) is 5.75 Å². The number of carbonyl (C=O) groups is 2. The van der Waals surface area contributed by atoms with Crippen molar-refractivity contribution in [3.8, 4) is 5.75 Å². The second kappa shape index (κ2) is 10.0. The van der Waals surface area contributed by atoms with Gasteiger partial charge in [-0.05, 0) is 36.2 Å². The maximum Gasteiger partial charge on any atom is 0.260 e. The van der Waals surface area contributed by atoms with Crippen molar-refractivity contribution in [2.24, 2.45) is 0 Å². The average Bonchev–Trinajstić information content (AvgIpc) is 3.15. The van der Waals surface area contributed by atoms with Crippen LogP contribution in [0.3, 0.4) is 0 Å². The molecule has 0 radical (unpaired) electrons. The Kier molecular flexibility index (Phi) is 6.93. The van der Waals surface area contributed by atoms with E-state index in [1.807, 2.05) is 24.3 Å². The van der Waals surface area contributed by atoms with Crippen LogP contribution in [0.4, 0.5) is 5.69 Å². The maximum absolute atomic E-state index is 13.5. The number of hydrogen-bond acceptors (Lipinski definition) is 6. The van der Waals surface area contributed by atoms with Gasteiger partial charge >= 0.3 is 0 Å². The lowest BCUT2D eigenvalue weighted by Gasteiger charge is -2.23. The molecule has 9 heteroatoms. The zero-order valence-electron chi connectivity index (χ0n) is 18.6. The summed E-state index contributed by atoms with van der Waals surface area (Å²) in [6, 6.07) is 12.5. The molecule has 2 aromatic carbocycles. The number of halogens is 1. The third-order valence-corrected chi connectivity index (χ3v) is 5.68. The lowest BCUT2D eigenvalue weighted by molar-refractivity contribution is -0.131. The van der Waals surface area contributed by atoms with Gasteiger partial charge in [-0.3, -0.25) is 14.5 Å². The van der Waals surface area contributed by atoms with Crippen LogP contribution >= 0.6 is 11.6 Å². The van der Waals surface area contributed by atoms with Crippen molar-refractivity contribution in [1.82, 2.24) is 15.1 Å². The first kappa shape index (κ1) is 22.8. The zero-order valence-corrected chi connectivity index (χ0v) is 19.3. The summed E-state index contributed by atoms with van der Waals surface area (Å²) in [4.78, 5) is 29.7. The van der Waals surface area contributed by atoms with E-state index in [0.717, 1.165) is 18.4 Å². The molecule has 0 N–H and O–H groups in total. The van der Waals surface area contributed by atoms with E-state index in [4.69, 9.17) is 20.8 Å². The van der Waals surface area contributed by atoms with Gasteiger partial charge in [0.15, 0.2) is 0 Å². The van der Waals surface area contributed by atoms with Crippen LogP contribution < -0.4 is 9.64 Å². The number of fused-ring (bicyclic) bond motifs is 1. The highest BCUT2D eigenvalue weighted by atomic mass is 35.5. The van der Waals surface area contributed by atoms with Crippen LogP contribution in [-0.4, -0.2) is 40.1 Å². The van der Waals surface area contributed by atoms with Crippen LogP contribution in [-0.2, 0) is 17.9 Å². The number of nitrogens with zero attached hydrogens (tertiary/aromatic N) is 4. The van der Waals surface area contributed by atoms with Gasteiger partial charge in [-0.15, -0.1) is 10.2 Å². The summed E-state index contributed by atoms with van der Waals surface area (Å²) in [5, 5.41) is 8.09. The molecule has 0 saturated heterocycles. The number of hydrogen-bond donors (Lipinski definition) is 0. The van der Waals surface area contributed by atoms with E-state index in [0.29, 0.717) is 41.9 Å². The van der Waals surface area contributed by atoms with Crippen LogP contribution in [0.25, 0.3) is 0 Å². The number of benzene rings is 2. The zero-order chi connectivity index (χ0) is 23.4. The molecular weight excluding hydrogens is 444 g/mol. The fourth-order valence-electron chi connectivity index (χ4n) is 3.65. The van der Waals surface area contributed by atoms with Gasteiger partial charge in [-0.25, -0.2) is 0 Å². The Labute approximate surface area is 197 Å². The van der Waals surface area contributed by atoms with E-state index in [2.05, 4.69) is 17.1 Å². The van der Waals surface area contributed by atoms with Gasteiger partial charge in [0.25, 0.3) is 5.91 Å². The summed E-state index contributed by atoms with van der Waals surface area (Å²) in [7, 11) is 0. The SMILES string of the molecule is CCCCOc1ccc(C(=O)N2CC(=O)N(Cc3nnc(C)o3)Cc3ccccc32)c(Cl)c1. The van der Waals surface area contributed by atoms with E-state index >= 15 is 0 Å². The molecule has 172 valence electrons. The molecule has 2 heterocycles. The summed E-state index contributed by atoms with van der Waals surface area (Å²) in [5.41, 5.74) is 1.81. The van der Waals surface area contributed by atoms with Crippen LogP contribution in [0.15, 0.2) is 46.9 Å². The predicted molar refractivity (Wildman–Crippen MR) is 123 cm³/mol. The molecule has 8 nitrogen and oxygen atoms in total. The molecule has 0 aliphatic carbocycles. The minimum Gasteiger partial charge on any atom is -0.494 e. The largest absolute Gasteiger partial charge is 0.494 e. The van der Waals surface area contributed by atoms with Gasteiger partial charge in [0.1, 0.15) is 12.3 Å². The minimum absolute atomic E-state index is 0.131. The van der Waals surface area contributed by atoms with E-state index in [9.17, 15) is 9.59 Å². The number of aryl methyl sites for hydroxylation is 1. The predicted octanol–water partition coefficient (Wildman–Crippen LogP) is 4.40. The fourth-order valence-corrected chi connectivity index (χ4v) is 3.90. The van der Waals surface area contributed by atoms with Gasteiger partial charge < -0.3 is 14.1 Å². The molecule has 2 amide bonds. The third kappa shape index (κ3) is 5.17. The molecule has 1 aliphatic heterocycles. The van der Waals surface area contributed by atoms with Gasteiger partial charge in [-0.2, -0.15) is 0 Å². The average molecular weight is 469 g/mol. The molecule has 0 unspecified atom stereocenters. The first-order valence-electron chi connectivity index (χ1n) is 10.8. The number of para-hydroxylation sites is 1. The molecule has 0 fully saturated rings. The number of amides is 2. The van der Waals surface area contributed by atoms with Crippen molar-refractivity contribution in [2.75, 3.05) is 18.1 Å². The Bertz CT molecular complexity index is 1160. The lowest BCUT2D eigenvalue weighted by Crippen LogP contribution is -2.40. The molecule has 0 atom stereocenters. The van der Waals surface area contributed by atoms with Crippen molar-refractivity contribution < 1.29 is 18.7 Å². The lowest BCUT2D eigenvalue weighted by atomic mass is 10.1. The van der Waals surface area contributed by atoms with Gasteiger partial charge in [0.05, 0.1) is 23.7 Å². The maximum atomic E-state index is 13.5. The highest BCUT2D eigenvalue weighted by molar-refractivity contribution is 6.34. The first-order chi connectivity index (χ1) is 16.0. The summed E-state index contributed by atoms with van der Waals surface area (Å²) in [6.07, 6.45) is 1.96. The Balaban J connectivity index is 1.60. The molecule has 4 rings (SSSR count). The minimum atomic E-state index is -0.351. The molecule has 3 aromatic rings. The molecule has 1 aromatic heterocycles. The second-order valence-corrected chi connectivity index (χ2v) is 8.24. The highest BCUT2D eigenvalue weighted by Crippen LogP contribution is 2.30. The molecular formula is C24H25ClN4O4. The van der Waals surface area contributed by atoms with Crippen LogP contribution in [0.2, 0.25) is 5.02 Å². The van der Waals surface area contributed by atoms with Gasteiger partial charge in [-0.1, -0.05) is 43.1 Å². The van der Waals surface area contributed by atoms with E-state index in [-0.39, 0.29) is 29.9 Å². The first-order valence-corrected chi connectivity index (χ1v) is 11.2. The van der Waals surface area contributed by atoms with Crippen molar-refractivity contribution in [3.05, 3.63) is 70.4 Å². The number of aromatic nitrogens is 2. The third-order valence-electron chi connectivity index (χ3n) is 5.37. The molecule has 0 spiro atoms. The summed E-state index contributed by atoms with van der Waals surface area (Å²) in [5.74, 6) is 0.807. The van der Waals surface area contributed by atoms with Crippen molar-refractivity contribution >= 4 is 29.1 Å². The number of anilines is 1. The number of ether oxygens (including phenoxy) is 1. The van der Waals surface area contributed by atoms with E-state index in [1.165, 1.54) is 4.90 Å². The Hall–Kier alpha value is -3.39. The molecule has 0 saturated carbocycles. The smallest absolute Gasteiger partial charge is 0.260 e. The quantitative estimate of drug-likeness (QED) is 0.477. The topological polar surface area (TPSA) is 88.8 Å². The summed E-state index contributed by atoms with van der Waals surface area (Å²) >= 11 is 6.45. The molecule has 0 bridgehead atoms. The Morgan fingerprint density at radius 3 is 2.73 bits per heavy atom. The van der Waals surface area contributed by atoms with Crippen molar-refractivity contribution in [2.45, 2.75) is 39.8 Å². The van der Waals surface area contributed by atoms with Crippen molar-refractivity contribution in [3.63, 3.8) is 0 Å². The fraction of sp³-hybridized carbons (Fsp3) is 0.333. The van der Waals surface area contributed by atoms with E-state index in [1.54, 1.807) is 30.0 Å². The summed E-state index contributed by atoms with van der Waals surface area (Å²) in [6.45, 7) is 4.72. The van der Waals surface area contributed by atoms with Crippen LogP contribution in [0, 0.1) is 6.92 Å². The monoisotopic (exact) mass is 468 g/mol. The Morgan fingerprint density at radius 2 is 2.00 bits per heavy atom. The second-order valence-electron chi connectivity index (χ2n) is 7.83. The standard InChI is InChI=1S/C24H25ClN4O4/c1-3-4-11-32-18-9-10-19(20(25)12-18)24(31)29-15-23(30)28(14-22-27-26-16(2)33-22)13-17-7-5-6-8-21(17)29/h5-10,12H,3-4,11,13-15H2,1-2H3. The van der Waals surface area contributed by atoms with Gasteiger partial charge in [0.2, 0.25) is 17.7 Å².